The zero-order chi connectivity index (χ0) is 42.0. The topological polar surface area (TPSA) is 51.6 Å². The zero-order valence-corrected chi connectivity index (χ0v) is 36.3. The predicted octanol–water partition coefficient (Wildman–Crippen LogP) is 15.1. The Morgan fingerprint density at radius 2 is 1.18 bits per heavy atom. The van der Waals surface area contributed by atoms with E-state index in [1.807, 2.05) is 17.8 Å². The van der Waals surface area contributed by atoms with Gasteiger partial charge in [-0.2, -0.15) is 0 Å². The molecule has 2 aliphatic rings. The number of aromatic nitrogens is 4. The molecule has 0 spiro atoms. The minimum absolute atomic E-state index is 0.157. The number of nitrogens with zero attached hydrogens (tertiary/aromatic N) is 4. The fraction of sp³-hybridized carbons (Fsp3) is 0.107. The van der Waals surface area contributed by atoms with Crippen LogP contribution in [0.2, 0.25) is 0 Å². The van der Waals surface area contributed by atoms with Crippen molar-refractivity contribution < 1.29 is 0 Å². The molecule has 2 aromatic heterocycles. The number of thioether (sulfide) groups is 1. The highest BCUT2D eigenvalue weighted by molar-refractivity contribution is 8.00. The summed E-state index contributed by atoms with van der Waals surface area (Å²) in [5.41, 5.74) is 16.1. The molecule has 6 heteroatoms. The van der Waals surface area contributed by atoms with Gasteiger partial charge in [0.05, 0.1) is 10.2 Å². The van der Waals surface area contributed by atoms with E-state index in [0.29, 0.717) is 17.5 Å². The van der Waals surface area contributed by atoms with Crippen LogP contribution < -0.4 is 0 Å². The molecule has 298 valence electrons. The summed E-state index contributed by atoms with van der Waals surface area (Å²) in [6.07, 6.45) is 6.47. The quantitative estimate of drug-likeness (QED) is 0.143. The summed E-state index contributed by atoms with van der Waals surface area (Å²) in [5.74, 6) is 2.19. The van der Waals surface area contributed by atoms with Crippen molar-refractivity contribution in [2.75, 3.05) is 0 Å². The van der Waals surface area contributed by atoms with Gasteiger partial charge in [-0.15, -0.1) is 29.7 Å². The van der Waals surface area contributed by atoms with Crippen LogP contribution in [0.5, 0.6) is 0 Å². The number of hydrogen-bond acceptors (Lipinski definition) is 6. The van der Waals surface area contributed by atoms with Crippen molar-refractivity contribution in [3.63, 3.8) is 0 Å². The summed E-state index contributed by atoms with van der Waals surface area (Å²) in [6, 6.07) is 56.1. The lowest BCUT2D eigenvalue weighted by Gasteiger charge is -2.22. The van der Waals surface area contributed by atoms with Crippen molar-refractivity contribution in [2.45, 2.75) is 42.2 Å². The zero-order valence-electron chi connectivity index (χ0n) is 34.7. The van der Waals surface area contributed by atoms with E-state index < -0.39 is 0 Å². The van der Waals surface area contributed by atoms with Gasteiger partial charge in [-0.25, -0.2) is 19.9 Å². The molecule has 1 aliphatic carbocycles. The fourth-order valence-electron chi connectivity index (χ4n) is 9.25. The Morgan fingerprint density at radius 1 is 0.548 bits per heavy atom. The number of hydrogen-bond donors (Lipinski definition) is 0. The molecule has 4 nitrogen and oxygen atoms in total. The number of rotatable bonds is 8. The van der Waals surface area contributed by atoms with Gasteiger partial charge in [0.25, 0.3) is 0 Å². The van der Waals surface area contributed by atoms with Gasteiger partial charge in [0, 0.05) is 49.3 Å². The maximum Gasteiger partial charge on any atom is 0.165 e. The Kier molecular flexibility index (Phi) is 9.44. The van der Waals surface area contributed by atoms with Crippen molar-refractivity contribution in [1.82, 2.24) is 19.9 Å². The van der Waals surface area contributed by atoms with Crippen molar-refractivity contribution in [2.24, 2.45) is 0 Å². The molecule has 0 bridgehead atoms. The average Bonchev–Trinajstić information content (AvgIpc) is 3.99. The standard InChI is InChI=1S/C56H42N4S2/c1-5-15-41-42-22-14-23-44(50(42)61-48(41)6-2)54-59-52(58-53(60-54)40-21-13-20-38(32-40)34-16-9-7-10-17-34)36-26-24-35(25-27-36)39-28-29-43-46(33-39)56(3,4)45-30-31-47-51(49(43)45)62-55(57-47)37-18-11-8-12-19-37/h5-33,41,48H,2H2,1,3-4H3/b15-5-. The summed E-state index contributed by atoms with van der Waals surface area (Å²) in [5, 5.41) is 1.29. The maximum atomic E-state index is 5.23. The van der Waals surface area contributed by atoms with Crippen molar-refractivity contribution in [1.29, 1.82) is 0 Å². The molecule has 0 radical (unpaired) electrons. The van der Waals surface area contributed by atoms with Crippen LogP contribution in [0.3, 0.4) is 0 Å². The minimum atomic E-state index is -0.157. The molecule has 2 atom stereocenters. The number of benzene rings is 7. The third kappa shape index (κ3) is 6.45. The summed E-state index contributed by atoms with van der Waals surface area (Å²) in [6.45, 7) is 11.0. The molecule has 7 aromatic carbocycles. The van der Waals surface area contributed by atoms with E-state index in [4.69, 9.17) is 19.9 Å². The molecular weight excluding hydrogens is 793 g/mol. The summed E-state index contributed by atoms with van der Waals surface area (Å²) >= 11 is 3.63. The van der Waals surface area contributed by atoms with Gasteiger partial charge < -0.3 is 0 Å². The lowest BCUT2D eigenvalue weighted by Crippen LogP contribution is -2.14. The fourth-order valence-corrected chi connectivity index (χ4v) is 11.8. The van der Waals surface area contributed by atoms with E-state index >= 15 is 0 Å². The average molecular weight is 835 g/mol. The molecule has 11 rings (SSSR count). The molecule has 2 unspecified atom stereocenters. The highest BCUT2D eigenvalue weighted by atomic mass is 32.2. The van der Waals surface area contributed by atoms with Crippen LogP contribution >= 0.6 is 23.1 Å². The summed E-state index contributed by atoms with van der Waals surface area (Å²) in [4.78, 5) is 21.9. The number of allylic oxidation sites excluding steroid dienone is 2. The third-order valence-corrected chi connectivity index (χ3v) is 15.0. The van der Waals surface area contributed by atoms with Crippen LogP contribution in [0, 0.1) is 0 Å². The number of fused-ring (bicyclic) bond motifs is 6. The summed E-state index contributed by atoms with van der Waals surface area (Å²) in [7, 11) is 0. The Labute approximate surface area is 370 Å². The second-order valence-corrected chi connectivity index (χ2v) is 18.7. The van der Waals surface area contributed by atoms with Crippen LogP contribution in [0.1, 0.15) is 43.4 Å². The molecule has 62 heavy (non-hydrogen) atoms. The van der Waals surface area contributed by atoms with E-state index in [2.05, 4.69) is 197 Å². The molecule has 1 aliphatic heterocycles. The minimum Gasteiger partial charge on any atom is -0.236 e. The lowest BCUT2D eigenvalue weighted by molar-refractivity contribution is 0.661. The van der Waals surface area contributed by atoms with Gasteiger partial charge in [-0.1, -0.05) is 172 Å². The van der Waals surface area contributed by atoms with E-state index in [0.717, 1.165) is 49.5 Å². The monoisotopic (exact) mass is 834 g/mol. The molecule has 0 amide bonds. The lowest BCUT2D eigenvalue weighted by atomic mass is 9.81. The van der Waals surface area contributed by atoms with Crippen LogP contribution in [0.25, 0.3) is 88.3 Å². The maximum absolute atomic E-state index is 5.23. The first-order chi connectivity index (χ1) is 30.4. The van der Waals surface area contributed by atoms with Gasteiger partial charge in [-0.05, 0) is 69.6 Å². The molecule has 3 heterocycles. The molecule has 0 saturated carbocycles. The van der Waals surface area contributed by atoms with Crippen molar-refractivity contribution >= 4 is 33.3 Å². The van der Waals surface area contributed by atoms with E-state index in [1.54, 1.807) is 11.3 Å². The van der Waals surface area contributed by atoms with Gasteiger partial charge in [0.15, 0.2) is 17.5 Å². The second kappa shape index (κ2) is 15.3. The van der Waals surface area contributed by atoms with Gasteiger partial charge >= 0.3 is 0 Å². The SMILES string of the molecule is C=CC1Sc2c(-c3nc(-c4ccc(-c5ccc6c(c5)C(C)(C)c5ccc7nc(-c8ccccc8)sc7c5-6)cc4)nc(-c4cccc(-c5ccccc5)c4)n3)cccc2C1/C=C\C. The first kappa shape index (κ1) is 38.2. The van der Waals surface area contributed by atoms with Crippen LogP contribution in [-0.4, -0.2) is 25.2 Å². The Balaban J connectivity index is 0.985. The highest BCUT2D eigenvalue weighted by Gasteiger charge is 2.38. The molecule has 0 fully saturated rings. The Hall–Kier alpha value is -6.73. The summed E-state index contributed by atoms with van der Waals surface area (Å²) < 4.78 is 1.25. The van der Waals surface area contributed by atoms with Crippen molar-refractivity contribution in [3.05, 3.63) is 199 Å². The molecule has 0 N–H and O–H groups in total. The van der Waals surface area contributed by atoms with E-state index in [1.165, 1.54) is 43.0 Å². The smallest absolute Gasteiger partial charge is 0.165 e. The first-order valence-corrected chi connectivity index (χ1v) is 22.8. The molecular formula is C56H42N4S2. The largest absolute Gasteiger partial charge is 0.236 e. The third-order valence-electron chi connectivity index (χ3n) is 12.4. The number of thiazole rings is 1. The Morgan fingerprint density at radius 3 is 1.94 bits per heavy atom. The van der Waals surface area contributed by atoms with E-state index in [-0.39, 0.29) is 16.6 Å². The normalized spacial score (nSPS) is 16.0. The predicted molar refractivity (Wildman–Crippen MR) is 261 cm³/mol. The van der Waals surface area contributed by atoms with Crippen LogP contribution in [0.4, 0.5) is 0 Å². The van der Waals surface area contributed by atoms with E-state index in [9.17, 15) is 0 Å². The van der Waals surface area contributed by atoms with Crippen molar-refractivity contribution in [3.8, 4) is 78.1 Å². The van der Waals surface area contributed by atoms with Gasteiger partial charge in [0.2, 0.25) is 0 Å². The van der Waals surface area contributed by atoms with Crippen LogP contribution in [-0.2, 0) is 5.41 Å². The second-order valence-electron chi connectivity index (χ2n) is 16.5. The molecule has 0 saturated heterocycles. The highest BCUT2D eigenvalue weighted by Crippen LogP contribution is 2.54. The Bertz CT molecular complexity index is 3220. The molecule has 9 aromatic rings. The first-order valence-electron chi connectivity index (χ1n) is 21.1. The van der Waals surface area contributed by atoms with Gasteiger partial charge in [0.1, 0.15) is 5.01 Å². The van der Waals surface area contributed by atoms with Gasteiger partial charge in [-0.3, -0.25) is 0 Å². The van der Waals surface area contributed by atoms with Crippen LogP contribution in [0.15, 0.2) is 187 Å².